The van der Waals surface area contributed by atoms with Gasteiger partial charge in [0, 0.05) is 42.6 Å². The first-order chi connectivity index (χ1) is 10.2. The van der Waals surface area contributed by atoms with Gasteiger partial charge in [-0.05, 0) is 12.1 Å². The summed E-state index contributed by atoms with van der Waals surface area (Å²) in [5.41, 5.74) is 0.952. The molecule has 1 aliphatic rings. The van der Waals surface area contributed by atoms with Gasteiger partial charge in [-0.1, -0.05) is 0 Å². The molecule has 0 spiro atoms. The number of nitro groups is 1. The summed E-state index contributed by atoms with van der Waals surface area (Å²) in [6.07, 6.45) is 2.96. The Morgan fingerprint density at radius 3 is 3.05 bits per heavy atom. The van der Waals surface area contributed by atoms with Crippen LogP contribution in [0.2, 0.25) is 0 Å². The van der Waals surface area contributed by atoms with Crippen LogP contribution in [0, 0.1) is 10.1 Å². The first-order valence-electron chi connectivity index (χ1n) is 6.69. The molecule has 7 nitrogen and oxygen atoms in total. The number of hydrogen-bond acceptors (Lipinski definition) is 6. The van der Waals surface area contributed by atoms with E-state index in [0.29, 0.717) is 25.1 Å². The highest BCUT2D eigenvalue weighted by atomic mass is 16.6. The van der Waals surface area contributed by atoms with E-state index < -0.39 is 0 Å². The summed E-state index contributed by atoms with van der Waals surface area (Å²) in [7, 11) is 0. The van der Waals surface area contributed by atoms with Gasteiger partial charge < -0.3 is 14.7 Å². The molecule has 0 radical (unpaired) electrons. The quantitative estimate of drug-likeness (QED) is 0.677. The van der Waals surface area contributed by atoms with E-state index in [2.05, 4.69) is 9.88 Å². The van der Waals surface area contributed by atoms with E-state index in [9.17, 15) is 15.2 Å². The molecule has 2 heterocycles. The number of nitro benzene ring substituents is 1. The Kier molecular flexibility index (Phi) is 3.68. The fourth-order valence-electron chi connectivity index (χ4n) is 2.64. The molecule has 1 saturated heterocycles. The fraction of sp³-hybridized carbons (Fsp3) is 0.357. The Labute approximate surface area is 120 Å². The van der Waals surface area contributed by atoms with Crippen molar-refractivity contribution >= 4 is 22.1 Å². The molecular formula is C14H15N3O4. The maximum Gasteiger partial charge on any atom is 0.277 e. The second-order valence-electron chi connectivity index (χ2n) is 4.90. The third-order valence-corrected chi connectivity index (χ3v) is 3.65. The second-order valence-corrected chi connectivity index (χ2v) is 4.90. The van der Waals surface area contributed by atoms with Crippen molar-refractivity contribution in [2.75, 3.05) is 31.2 Å². The van der Waals surface area contributed by atoms with Crippen molar-refractivity contribution in [3.8, 4) is 0 Å². The molecule has 0 saturated carbocycles. The average Bonchev–Trinajstić information content (AvgIpc) is 2.53. The highest BCUT2D eigenvalue weighted by Gasteiger charge is 2.23. The number of ether oxygens (including phenoxy) is 1. The number of rotatable bonds is 3. The summed E-state index contributed by atoms with van der Waals surface area (Å²) in [6.45, 7) is 1.71. The number of aliphatic hydroxyl groups excluding tert-OH is 1. The van der Waals surface area contributed by atoms with Gasteiger partial charge in [-0.2, -0.15) is 0 Å². The molecule has 1 aromatic heterocycles. The van der Waals surface area contributed by atoms with Gasteiger partial charge in [0.25, 0.3) is 5.69 Å². The summed E-state index contributed by atoms with van der Waals surface area (Å²) >= 11 is 0. The molecule has 1 aliphatic heterocycles. The minimum atomic E-state index is -0.387. The second kappa shape index (κ2) is 5.63. The van der Waals surface area contributed by atoms with Crippen LogP contribution in [0.3, 0.4) is 0 Å². The molecule has 1 atom stereocenters. The van der Waals surface area contributed by atoms with Crippen LogP contribution in [0.15, 0.2) is 30.6 Å². The third kappa shape index (κ3) is 2.53. The summed E-state index contributed by atoms with van der Waals surface area (Å²) in [4.78, 5) is 16.9. The number of aromatic nitrogens is 1. The van der Waals surface area contributed by atoms with Gasteiger partial charge in [-0.25, -0.2) is 0 Å². The van der Waals surface area contributed by atoms with Crippen LogP contribution in [0.1, 0.15) is 0 Å². The largest absolute Gasteiger partial charge is 0.394 e. The van der Waals surface area contributed by atoms with Gasteiger partial charge in [0.2, 0.25) is 0 Å². The third-order valence-electron chi connectivity index (χ3n) is 3.65. The van der Waals surface area contributed by atoms with E-state index in [1.54, 1.807) is 24.5 Å². The van der Waals surface area contributed by atoms with Gasteiger partial charge in [0.15, 0.2) is 0 Å². The van der Waals surface area contributed by atoms with E-state index in [1.807, 2.05) is 0 Å². The molecule has 3 rings (SSSR count). The van der Waals surface area contributed by atoms with Gasteiger partial charge in [0.05, 0.1) is 29.6 Å². The summed E-state index contributed by atoms with van der Waals surface area (Å²) < 4.78 is 5.44. The van der Waals surface area contributed by atoms with Crippen LogP contribution in [-0.2, 0) is 4.74 Å². The summed E-state index contributed by atoms with van der Waals surface area (Å²) in [5, 5.41) is 21.7. The molecular weight excluding hydrogens is 274 g/mol. The van der Waals surface area contributed by atoms with Gasteiger partial charge in [-0.15, -0.1) is 0 Å². The lowest BCUT2D eigenvalue weighted by Crippen LogP contribution is -2.44. The van der Waals surface area contributed by atoms with Crippen LogP contribution < -0.4 is 4.90 Å². The fourth-order valence-corrected chi connectivity index (χ4v) is 2.64. The topological polar surface area (TPSA) is 88.7 Å². The highest BCUT2D eigenvalue weighted by Crippen LogP contribution is 2.33. The standard InChI is InChI=1S/C14H15N3O4/c18-9-10-8-16(5-6-21-10)13-1-2-14(17(19)20)11-3-4-15-7-12(11)13/h1-4,7,10,18H,5-6,8-9H2. The molecule has 110 valence electrons. The molecule has 1 fully saturated rings. The van der Waals surface area contributed by atoms with Crippen LogP contribution in [-0.4, -0.2) is 47.4 Å². The Morgan fingerprint density at radius 2 is 2.29 bits per heavy atom. The lowest BCUT2D eigenvalue weighted by molar-refractivity contribution is -0.383. The lowest BCUT2D eigenvalue weighted by atomic mass is 10.1. The first-order valence-corrected chi connectivity index (χ1v) is 6.69. The molecule has 0 amide bonds. The first kappa shape index (κ1) is 13.7. The molecule has 7 heteroatoms. The average molecular weight is 289 g/mol. The van der Waals surface area contributed by atoms with Crippen molar-refractivity contribution in [1.29, 1.82) is 0 Å². The van der Waals surface area contributed by atoms with Crippen LogP contribution in [0.5, 0.6) is 0 Å². The smallest absolute Gasteiger partial charge is 0.277 e. The molecule has 1 unspecified atom stereocenters. The molecule has 1 aromatic carbocycles. The zero-order chi connectivity index (χ0) is 14.8. The van der Waals surface area contributed by atoms with Crippen LogP contribution in [0.25, 0.3) is 10.8 Å². The Balaban J connectivity index is 2.07. The molecule has 2 aromatic rings. The van der Waals surface area contributed by atoms with E-state index in [-0.39, 0.29) is 23.3 Å². The zero-order valence-corrected chi connectivity index (χ0v) is 11.3. The van der Waals surface area contributed by atoms with E-state index in [1.165, 1.54) is 6.07 Å². The number of morpholine rings is 1. The van der Waals surface area contributed by atoms with Crippen molar-refractivity contribution in [3.05, 3.63) is 40.7 Å². The SMILES string of the molecule is O=[N+]([O-])c1ccc(N2CCOC(CO)C2)c2cnccc12. The van der Waals surface area contributed by atoms with Gasteiger partial charge in [0.1, 0.15) is 0 Å². The highest BCUT2D eigenvalue weighted by molar-refractivity contribution is 5.99. The van der Waals surface area contributed by atoms with E-state index >= 15 is 0 Å². The Bertz CT molecular complexity index is 676. The zero-order valence-electron chi connectivity index (χ0n) is 11.3. The summed E-state index contributed by atoms with van der Waals surface area (Å²) in [5.74, 6) is 0. The minimum absolute atomic E-state index is 0.0420. The molecule has 1 N–H and O–H groups in total. The molecule has 21 heavy (non-hydrogen) atoms. The van der Waals surface area contributed by atoms with E-state index in [4.69, 9.17) is 4.74 Å². The number of pyridine rings is 1. The Morgan fingerprint density at radius 1 is 1.43 bits per heavy atom. The van der Waals surface area contributed by atoms with Crippen LogP contribution >= 0.6 is 0 Å². The minimum Gasteiger partial charge on any atom is -0.394 e. The normalized spacial score (nSPS) is 18.9. The number of non-ortho nitro benzene ring substituents is 1. The predicted octanol–water partition coefficient (Wildman–Crippen LogP) is 1.34. The summed E-state index contributed by atoms with van der Waals surface area (Å²) in [6, 6.07) is 4.91. The maximum atomic E-state index is 11.1. The molecule has 0 aliphatic carbocycles. The van der Waals surface area contributed by atoms with Crippen LogP contribution in [0.4, 0.5) is 11.4 Å². The number of benzene rings is 1. The number of fused-ring (bicyclic) bond motifs is 1. The number of hydrogen-bond donors (Lipinski definition) is 1. The number of anilines is 1. The van der Waals surface area contributed by atoms with Crippen molar-refractivity contribution < 1.29 is 14.8 Å². The number of aliphatic hydroxyl groups is 1. The van der Waals surface area contributed by atoms with Gasteiger partial charge >= 0.3 is 0 Å². The van der Waals surface area contributed by atoms with Gasteiger partial charge in [-0.3, -0.25) is 15.1 Å². The molecule has 0 bridgehead atoms. The maximum absolute atomic E-state index is 11.1. The predicted molar refractivity (Wildman–Crippen MR) is 77.4 cm³/mol. The van der Waals surface area contributed by atoms with E-state index in [0.717, 1.165) is 11.1 Å². The van der Waals surface area contributed by atoms with Crippen molar-refractivity contribution in [3.63, 3.8) is 0 Å². The van der Waals surface area contributed by atoms with Crippen molar-refractivity contribution in [2.45, 2.75) is 6.10 Å². The Hall–Kier alpha value is -2.25. The lowest BCUT2D eigenvalue weighted by Gasteiger charge is -2.34. The number of nitrogens with zero attached hydrogens (tertiary/aromatic N) is 3. The monoisotopic (exact) mass is 289 g/mol. The van der Waals surface area contributed by atoms with Crippen molar-refractivity contribution in [1.82, 2.24) is 4.98 Å². The van der Waals surface area contributed by atoms with Crippen molar-refractivity contribution in [2.24, 2.45) is 0 Å².